The van der Waals surface area contributed by atoms with Crippen LogP contribution in [0.4, 0.5) is 11.4 Å². The molecule has 0 saturated carbocycles. The predicted molar refractivity (Wildman–Crippen MR) is 137 cm³/mol. The van der Waals surface area contributed by atoms with Gasteiger partial charge < -0.3 is 44.2 Å². The minimum atomic E-state index is -0.106. The molecule has 200 valence electrons. The molecule has 0 saturated heterocycles. The van der Waals surface area contributed by atoms with E-state index >= 15 is 0 Å². The summed E-state index contributed by atoms with van der Waals surface area (Å²) in [6, 6.07) is 14.5. The molecule has 36 heavy (non-hydrogen) atoms. The number of nitrogen functional groups attached to an aromatic ring is 1. The summed E-state index contributed by atoms with van der Waals surface area (Å²) in [5.41, 5.74) is 7.15. The van der Waals surface area contributed by atoms with Crippen LogP contribution in [-0.4, -0.2) is 85.2 Å². The first-order chi connectivity index (χ1) is 17.6. The number of rotatable bonds is 21. The summed E-state index contributed by atoms with van der Waals surface area (Å²) in [4.78, 5) is 11.0. The van der Waals surface area contributed by atoms with Gasteiger partial charge in [-0.15, -0.1) is 0 Å². The Bertz CT molecular complexity index is 835. The van der Waals surface area contributed by atoms with E-state index in [2.05, 4.69) is 5.32 Å². The molecule has 2 aromatic rings. The van der Waals surface area contributed by atoms with Crippen molar-refractivity contribution in [1.82, 2.24) is 0 Å². The molecule has 0 spiro atoms. The third-order valence-electron chi connectivity index (χ3n) is 4.56. The van der Waals surface area contributed by atoms with Gasteiger partial charge in [0.15, 0.2) is 0 Å². The number of carbonyl (C=O) groups excluding carboxylic acids is 1. The summed E-state index contributed by atoms with van der Waals surface area (Å²) in [7, 11) is 0. The summed E-state index contributed by atoms with van der Waals surface area (Å²) >= 11 is 0. The maximum atomic E-state index is 11.0. The smallest absolute Gasteiger partial charge is 0.221 e. The Hall–Kier alpha value is -2.89. The first-order valence-electron chi connectivity index (χ1n) is 12.0. The molecular formula is C26H38N2O8. The van der Waals surface area contributed by atoms with Crippen LogP contribution < -0.4 is 20.5 Å². The van der Waals surface area contributed by atoms with Crippen molar-refractivity contribution in [3.8, 4) is 11.5 Å². The van der Waals surface area contributed by atoms with Crippen LogP contribution in [0.5, 0.6) is 11.5 Å². The molecule has 1 amide bonds. The van der Waals surface area contributed by atoms with E-state index in [1.54, 1.807) is 30.3 Å². The van der Waals surface area contributed by atoms with Gasteiger partial charge in [0.2, 0.25) is 5.91 Å². The van der Waals surface area contributed by atoms with Crippen molar-refractivity contribution in [1.29, 1.82) is 0 Å². The van der Waals surface area contributed by atoms with Crippen LogP contribution in [0.3, 0.4) is 0 Å². The number of amides is 1. The highest BCUT2D eigenvalue weighted by atomic mass is 16.6. The van der Waals surface area contributed by atoms with E-state index in [9.17, 15) is 4.79 Å². The third kappa shape index (κ3) is 14.5. The Morgan fingerprint density at radius 3 is 1.56 bits per heavy atom. The SMILES string of the molecule is CC(=O)Nc1ccc(OCCOCCOCCOCCOCCOCCOc2ccccc2N)cc1. The van der Waals surface area contributed by atoms with E-state index in [1.165, 1.54) is 6.92 Å². The zero-order valence-corrected chi connectivity index (χ0v) is 20.9. The van der Waals surface area contributed by atoms with Crippen molar-refractivity contribution in [3.05, 3.63) is 48.5 Å². The first kappa shape index (κ1) is 29.3. The van der Waals surface area contributed by atoms with Gasteiger partial charge in [-0.2, -0.15) is 0 Å². The summed E-state index contributed by atoms with van der Waals surface area (Å²) < 4.78 is 38.4. The van der Waals surface area contributed by atoms with Gasteiger partial charge in [-0.05, 0) is 36.4 Å². The molecule has 0 heterocycles. The lowest BCUT2D eigenvalue weighted by Gasteiger charge is -2.10. The molecule has 2 rings (SSSR count). The Kier molecular flexibility index (Phi) is 15.7. The van der Waals surface area contributed by atoms with Gasteiger partial charge in [-0.1, -0.05) is 12.1 Å². The second kappa shape index (κ2) is 19.3. The molecule has 0 radical (unpaired) electrons. The van der Waals surface area contributed by atoms with Gasteiger partial charge >= 0.3 is 0 Å². The number of anilines is 2. The molecule has 10 nitrogen and oxygen atoms in total. The van der Waals surface area contributed by atoms with Crippen LogP contribution in [-0.2, 0) is 28.5 Å². The van der Waals surface area contributed by atoms with Crippen LogP contribution in [0, 0.1) is 0 Å². The number of hydrogen-bond acceptors (Lipinski definition) is 9. The fourth-order valence-electron chi connectivity index (χ4n) is 2.86. The fourth-order valence-corrected chi connectivity index (χ4v) is 2.86. The zero-order valence-electron chi connectivity index (χ0n) is 20.9. The van der Waals surface area contributed by atoms with E-state index in [0.29, 0.717) is 90.7 Å². The van der Waals surface area contributed by atoms with Gasteiger partial charge in [0, 0.05) is 12.6 Å². The molecule has 10 heteroatoms. The van der Waals surface area contributed by atoms with Crippen LogP contribution >= 0.6 is 0 Å². The van der Waals surface area contributed by atoms with Crippen molar-refractivity contribution in [2.45, 2.75) is 6.92 Å². The molecule has 0 aliphatic heterocycles. The number of nitrogens with two attached hydrogens (primary N) is 1. The molecule has 0 aromatic heterocycles. The highest BCUT2D eigenvalue weighted by molar-refractivity contribution is 5.88. The minimum Gasteiger partial charge on any atom is -0.491 e. The maximum Gasteiger partial charge on any atom is 0.221 e. The molecule has 0 fully saturated rings. The average Bonchev–Trinajstić information content (AvgIpc) is 2.87. The monoisotopic (exact) mass is 506 g/mol. The molecule has 0 atom stereocenters. The number of hydrogen-bond donors (Lipinski definition) is 2. The van der Waals surface area contributed by atoms with Crippen LogP contribution in [0.15, 0.2) is 48.5 Å². The minimum absolute atomic E-state index is 0.106. The third-order valence-corrected chi connectivity index (χ3v) is 4.56. The number of ether oxygens (including phenoxy) is 7. The fraction of sp³-hybridized carbons (Fsp3) is 0.500. The Balaban J connectivity index is 1.26. The molecule has 0 unspecified atom stereocenters. The number of benzene rings is 2. The second-order valence-electron chi connectivity index (χ2n) is 7.50. The van der Waals surface area contributed by atoms with E-state index < -0.39 is 0 Å². The predicted octanol–water partition coefficient (Wildman–Crippen LogP) is 2.77. The second-order valence-corrected chi connectivity index (χ2v) is 7.50. The molecule has 2 aromatic carbocycles. The van der Waals surface area contributed by atoms with E-state index in [1.807, 2.05) is 18.2 Å². The quantitative estimate of drug-likeness (QED) is 0.195. The topological polar surface area (TPSA) is 120 Å². The van der Waals surface area contributed by atoms with E-state index in [4.69, 9.17) is 38.9 Å². The van der Waals surface area contributed by atoms with Gasteiger partial charge in [0.05, 0.1) is 71.8 Å². The molecule has 0 aliphatic carbocycles. The van der Waals surface area contributed by atoms with Crippen molar-refractivity contribution < 1.29 is 38.0 Å². The van der Waals surface area contributed by atoms with Crippen LogP contribution in [0.1, 0.15) is 6.92 Å². The van der Waals surface area contributed by atoms with Crippen molar-refractivity contribution in [2.75, 3.05) is 90.3 Å². The Labute approximate surface area is 212 Å². The molecule has 3 N–H and O–H groups in total. The summed E-state index contributed by atoms with van der Waals surface area (Å²) in [5.74, 6) is 1.28. The van der Waals surface area contributed by atoms with Crippen molar-refractivity contribution in [2.24, 2.45) is 0 Å². The molecule has 0 aliphatic rings. The Morgan fingerprint density at radius 1 is 0.639 bits per heavy atom. The zero-order chi connectivity index (χ0) is 25.7. The number of nitrogens with one attached hydrogen (secondary N) is 1. The van der Waals surface area contributed by atoms with Crippen molar-refractivity contribution >= 4 is 17.3 Å². The lowest BCUT2D eigenvalue weighted by Crippen LogP contribution is -2.15. The highest BCUT2D eigenvalue weighted by Crippen LogP contribution is 2.19. The van der Waals surface area contributed by atoms with Gasteiger partial charge in [-0.25, -0.2) is 0 Å². The summed E-state index contributed by atoms with van der Waals surface area (Å²) in [5, 5.41) is 2.71. The van der Waals surface area contributed by atoms with Crippen LogP contribution in [0.25, 0.3) is 0 Å². The molecule has 0 bridgehead atoms. The summed E-state index contributed by atoms with van der Waals surface area (Å²) in [6.45, 7) is 7.23. The van der Waals surface area contributed by atoms with Gasteiger partial charge in [-0.3, -0.25) is 4.79 Å². The largest absolute Gasteiger partial charge is 0.491 e. The molecular weight excluding hydrogens is 468 g/mol. The average molecular weight is 507 g/mol. The highest BCUT2D eigenvalue weighted by Gasteiger charge is 1.99. The van der Waals surface area contributed by atoms with Crippen LogP contribution in [0.2, 0.25) is 0 Å². The standard InChI is InChI=1S/C26H38N2O8/c1-22(29)28-23-6-8-24(9-7-23)35-20-18-33-16-14-31-12-10-30-11-13-32-15-17-34-19-21-36-26-5-3-2-4-25(26)27/h2-9H,10-21,27H2,1H3,(H,28,29). The Morgan fingerprint density at radius 2 is 1.08 bits per heavy atom. The van der Waals surface area contributed by atoms with E-state index in [0.717, 1.165) is 11.4 Å². The summed E-state index contributed by atoms with van der Waals surface area (Å²) in [6.07, 6.45) is 0. The van der Waals surface area contributed by atoms with Crippen molar-refractivity contribution in [3.63, 3.8) is 0 Å². The number of carbonyl (C=O) groups is 1. The van der Waals surface area contributed by atoms with Gasteiger partial charge in [0.25, 0.3) is 0 Å². The normalized spacial score (nSPS) is 10.8. The lowest BCUT2D eigenvalue weighted by atomic mass is 10.3. The van der Waals surface area contributed by atoms with Gasteiger partial charge in [0.1, 0.15) is 24.7 Å². The maximum absolute atomic E-state index is 11.0. The number of para-hydroxylation sites is 2. The lowest BCUT2D eigenvalue weighted by molar-refractivity contribution is -0.114. The first-order valence-corrected chi connectivity index (χ1v) is 12.0. The van der Waals surface area contributed by atoms with E-state index in [-0.39, 0.29) is 5.91 Å².